The molecule has 118 valence electrons. The maximum absolute atomic E-state index is 12.5. The lowest BCUT2D eigenvalue weighted by atomic mass is 10.1. The Kier molecular flexibility index (Phi) is 4.13. The molecule has 1 fully saturated rings. The number of nitrogens with zero attached hydrogens (tertiary/aromatic N) is 2. The zero-order valence-corrected chi connectivity index (χ0v) is 13.2. The lowest BCUT2D eigenvalue weighted by Crippen LogP contribution is -2.44. The Hall–Kier alpha value is -1.92. The standard InChI is InChI=1S/C16H22N4O2/c1-10(2)20-8-13(14(9-20)22-3)17-16(21)15-11-6-4-5-7-12(11)18-19-15/h4-7,10,13-14H,8-9H2,1-3H3,(H,17,21)(H,18,19)/t13-,14-/m0/s1. The van der Waals surface area contributed by atoms with Crippen molar-refractivity contribution in [3.05, 3.63) is 30.0 Å². The van der Waals surface area contributed by atoms with Crippen LogP contribution >= 0.6 is 0 Å². The molecule has 0 saturated carbocycles. The molecular formula is C16H22N4O2. The van der Waals surface area contributed by atoms with Crippen LogP contribution < -0.4 is 5.32 Å². The lowest BCUT2D eigenvalue weighted by Gasteiger charge is -2.19. The number of carbonyl (C=O) groups is 1. The largest absolute Gasteiger partial charge is 0.378 e. The molecule has 1 aromatic carbocycles. The van der Waals surface area contributed by atoms with E-state index in [0.29, 0.717) is 11.7 Å². The molecule has 0 aliphatic carbocycles. The number of methoxy groups -OCH3 is 1. The van der Waals surface area contributed by atoms with Crippen LogP contribution in [-0.4, -0.2) is 59.4 Å². The summed E-state index contributed by atoms with van der Waals surface area (Å²) < 4.78 is 5.53. The fourth-order valence-electron chi connectivity index (χ4n) is 2.98. The Morgan fingerprint density at radius 2 is 2.18 bits per heavy atom. The average Bonchev–Trinajstić information content (AvgIpc) is 3.10. The summed E-state index contributed by atoms with van der Waals surface area (Å²) in [6, 6.07) is 8.05. The number of aromatic nitrogens is 2. The number of benzene rings is 1. The van der Waals surface area contributed by atoms with Crippen LogP contribution in [0, 0.1) is 0 Å². The van der Waals surface area contributed by atoms with Gasteiger partial charge in [0.25, 0.3) is 5.91 Å². The maximum atomic E-state index is 12.5. The van der Waals surface area contributed by atoms with Gasteiger partial charge in [-0.05, 0) is 19.9 Å². The third-order valence-corrected chi connectivity index (χ3v) is 4.33. The van der Waals surface area contributed by atoms with Gasteiger partial charge < -0.3 is 10.1 Å². The number of rotatable bonds is 4. The van der Waals surface area contributed by atoms with E-state index in [4.69, 9.17) is 4.74 Å². The van der Waals surface area contributed by atoms with E-state index in [9.17, 15) is 4.79 Å². The second-order valence-corrected chi connectivity index (χ2v) is 6.02. The molecule has 1 aromatic heterocycles. The summed E-state index contributed by atoms with van der Waals surface area (Å²) in [5.74, 6) is -0.157. The van der Waals surface area contributed by atoms with Gasteiger partial charge in [0.15, 0.2) is 5.69 Å². The smallest absolute Gasteiger partial charge is 0.272 e. The van der Waals surface area contributed by atoms with Crippen molar-refractivity contribution in [1.29, 1.82) is 0 Å². The van der Waals surface area contributed by atoms with Gasteiger partial charge in [-0.2, -0.15) is 5.10 Å². The first kappa shape index (κ1) is 15.0. The summed E-state index contributed by atoms with van der Waals surface area (Å²) >= 11 is 0. The van der Waals surface area contributed by atoms with Crippen LogP contribution in [0.4, 0.5) is 0 Å². The van der Waals surface area contributed by atoms with E-state index in [-0.39, 0.29) is 18.1 Å². The lowest BCUT2D eigenvalue weighted by molar-refractivity contribution is 0.0751. The van der Waals surface area contributed by atoms with Crippen LogP contribution in [0.1, 0.15) is 24.3 Å². The minimum absolute atomic E-state index is 0.0107. The van der Waals surface area contributed by atoms with Crippen molar-refractivity contribution in [2.45, 2.75) is 32.0 Å². The topological polar surface area (TPSA) is 70.2 Å². The Morgan fingerprint density at radius 3 is 2.91 bits per heavy atom. The van der Waals surface area contributed by atoms with Gasteiger partial charge in [-0.3, -0.25) is 14.8 Å². The fourth-order valence-corrected chi connectivity index (χ4v) is 2.98. The maximum Gasteiger partial charge on any atom is 0.272 e. The van der Waals surface area contributed by atoms with Crippen LogP contribution in [0.15, 0.2) is 24.3 Å². The van der Waals surface area contributed by atoms with Gasteiger partial charge in [0, 0.05) is 31.6 Å². The molecule has 2 heterocycles. The van der Waals surface area contributed by atoms with E-state index >= 15 is 0 Å². The molecule has 0 unspecified atom stereocenters. The number of hydrogen-bond acceptors (Lipinski definition) is 4. The summed E-state index contributed by atoms with van der Waals surface area (Å²) in [5.41, 5.74) is 1.31. The average molecular weight is 302 g/mol. The molecule has 2 aromatic rings. The number of H-pyrrole nitrogens is 1. The number of likely N-dealkylation sites (tertiary alicyclic amines) is 1. The molecular weight excluding hydrogens is 280 g/mol. The van der Waals surface area contributed by atoms with Crippen molar-refractivity contribution >= 4 is 16.8 Å². The van der Waals surface area contributed by atoms with E-state index in [1.54, 1.807) is 7.11 Å². The van der Waals surface area contributed by atoms with Gasteiger partial charge in [0.2, 0.25) is 0 Å². The van der Waals surface area contributed by atoms with Gasteiger partial charge in [-0.15, -0.1) is 0 Å². The summed E-state index contributed by atoms with van der Waals surface area (Å²) in [7, 11) is 1.69. The fraction of sp³-hybridized carbons (Fsp3) is 0.500. The molecule has 1 aliphatic rings. The number of ether oxygens (including phenoxy) is 1. The predicted octanol–water partition coefficient (Wildman–Crippen LogP) is 1.40. The number of hydrogen-bond donors (Lipinski definition) is 2. The predicted molar refractivity (Wildman–Crippen MR) is 84.9 cm³/mol. The SMILES string of the molecule is CO[C@H]1CN(C(C)C)C[C@@H]1NC(=O)c1n[nH]c2ccccc12. The third-order valence-electron chi connectivity index (χ3n) is 4.33. The highest BCUT2D eigenvalue weighted by molar-refractivity contribution is 6.04. The minimum Gasteiger partial charge on any atom is -0.378 e. The third kappa shape index (κ3) is 2.71. The van der Waals surface area contributed by atoms with E-state index in [1.807, 2.05) is 24.3 Å². The number of carbonyl (C=O) groups excluding carboxylic acids is 1. The van der Waals surface area contributed by atoms with Gasteiger partial charge in [0.1, 0.15) is 0 Å². The first-order chi connectivity index (χ1) is 10.6. The Balaban J connectivity index is 1.76. The van der Waals surface area contributed by atoms with Crippen LogP contribution in [0.25, 0.3) is 10.9 Å². The van der Waals surface area contributed by atoms with E-state index in [1.165, 1.54) is 0 Å². The molecule has 2 N–H and O–H groups in total. The zero-order chi connectivity index (χ0) is 15.7. The molecule has 3 rings (SSSR count). The number of amides is 1. The normalized spacial score (nSPS) is 22.5. The molecule has 6 heteroatoms. The van der Waals surface area contributed by atoms with Crippen LogP contribution in [0.2, 0.25) is 0 Å². The molecule has 6 nitrogen and oxygen atoms in total. The van der Waals surface area contributed by atoms with Crippen LogP contribution in [-0.2, 0) is 4.74 Å². The van der Waals surface area contributed by atoms with Crippen molar-refractivity contribution in [3.63, 3.8) is 0 Å². The van der Waals surface area contributed by atoms with Gasteiger partial charge in [-0.25, -0.2) is 0 Å². The Labute approximate surface area is 129 Å². The number of fused-ring (bicyclic) bond motifs is 1. The molecule has 1 aliphatic heterocycles. The number of para-hydroxylation sites is 1. The quantitative estimate of drug-likeness (QED) is 0.895. The van der Waals surface area contributed by atoms with Crippen LogP contribution in [0.3, 0.4) is 0 Å². The van der Waals surface area contributed by atoms with Crippen molar-refractivity contribution < 1.29 is 9.53 Å². The first-order valence-corrected chi connectivity index (χ1v) is 7.61. The number of aromatic amines is 1. The van der Waals surface area contributed by atoms with Crippen molar-refractivity contribution in [2.24, 2.45) is 0 Å². The molecule has 0 spiro atoms. The zero-order valence-electron chi connectivity index (χ0n) is 13.2. The number of nitrogens with one attached hydrogen (secondary N) is 2. The minimum atomic E-state index is -0.157. The summed E-state index contributed by atoms with van der Waals surface area (Å²) in [5, 5.41) is 11.0. The Morgan fingerprint density at radius 1 is 1.41 bits per heavy atom. The van der Waals surface area contributed by atoms with Gasteiger partial charge in [-0.1, -0.05) is 18.2 Å². The molecule has 1 saturated heterocycles. The molecule has 22 heavy (non-hydrogen) atoms. The van der Waals surface area contributed by atoms with Crippen molar-refractivity contribution in [3.8, 4) is 0 Å². The second kappa shape index (κ2) is 6.06. The molecule has 2 atom stereocenters. The van der Waals surface area contributed by atoms with Gasteiger partial charge >= 0.3 is 0 Å². The summed E-state index contributed by atoms with van der Waals surface area (Å²) in [6.07, 6.45) is 0.0107. The van der Waals surface area contributed by atoms with Gasteiger partial charge in [0.05, 0.1) is 17.7 Å². The van der Waals surface area contributed by atoms with Crippen molar-refractivity contribution in [2.75, 3.05) is 20.2 Å². The second-order valence-electron chi connectivity index (χ2n) is 6.02. The molecule has 0 bridgehead atoms. The summed E-state index contributed by atoms with van der Waals surface area (Å²) in [4.78, 5) is 14.9. The molecule has 0 radical (unpaired) electrons. The monoisotopic (exact) mass is 302 g/mol. The van der Waals surface area contributed by atoms with Crippen LogP contribution in [0.5, 0.6) is 0 Å². The Bertz CT molecular complexity index is 667. The highest BCUT2D eigenvalue weighted by Gasteiger charge is 2.35. The first-order valence-electron chi connectivity index (χ1n) is 7.61. The van der Waals surface area contributed by atoms with E-state index in [0.717, 1.165) is 24.0 Å². The highest BCUT2D eigenvalue weighted by Crippen LogP contribution is 2.18. The summed E-state index contributed by atoms with van der Waals surface area (Å²) in [6.45, 7) is 5.93. The van der Waals surface area contributed by atoms with Crippen molar-refractivity contribution in [1.82, 2.24) is 20.4 Å². The highest BCUT2D eigenvalue weighted by atomic mass is 16.5. The van der Waals surface area contributed by atoms with E-state index in [2.05, 4.69) is 34.3 Å². The van der Waals surface area contributed by atoms with E-state index < -0.39 is 0 Å². The molecule has 1 amide bonds.